The highest BCUT2D eigenvalue weighted by Crippen LogP contribution is 2.30. The second-order valence-corrected chi connectivity index (χ2v) is 3.59. The molecule has 0 unspecified atom stereocenters. The molecule has 1 amide bonds. The quantitative estimate of drug-likeness (QED) is 0.731. The summed E-state index contributed by atoms with van der Waals surface area (Å²) in [7, 11) is 0. The number of hydrogen-bond donors (Lipinski definition) is 1. The van der Waals surface area contributed by atoms with Crippen LogP contribution in [0.15, 0.2) is 25.0 Å². The first kappa shape index (κ1) is 8.99. The van der Waals surface area contributed by atoms with Crippen molar-refractivity contribution in [2.45, 2.75) is 19.4 Å². The molecule has 4 heteroatoms. The van der Waals surface area contributed by atoms with Crippen molar-refractivity contribution in [2.24, 2.45) is 5.92 Å². The van der Waals surface area contributed by atoms with E-state index in [1.54, 1.807) is 6.20 Å². The van der Waals surface area contributed by atoms with Crippen LogP contribution in [0.1, 0.15) is 12.8 Å². The monoisotopic (exact) mass is 191 g/mol. The molecule has 1 aromatic rings. The van der Waals surface area contributed by atoms with Crippen LogP contribution in [0.5, 0.6) is 0 Å². The lowest BCUT2D eigenvalue weighted by atomic mass is 10.4. The minimum Gasteiger partial charge on any atom is -0.320 e. The minimum absolute atomic E-state index is 0.198. The van der Waals surface area contributed by atoms with Gasteiger partial charge in [0.15, 0.2) is 0 Å². The Hall–Kier alpha value is -1.58. The predicted octanol–water partition coefficient (Wildman–Crippen LogP) is 1.42. The zero-order valence-electron chi connectivity index (χ0n) is 7.94. The van der Waals surface area contributed by atoms with E-state index in [-0.39, 0.29) is 5.91 Å². The summed E-state index contributed by atoms with van der Waals surface area (Å²) in [4.78, 5) is 11.0. The summed E-state index contributed by atoms with van der Waals surface area (Å²) in [6.07, 6.45) is 7.35. The molecule has 0 atom stereocenters. The molecule has 0 saturated heterocycles. The number of anilines is 1. The van der Waals surface area contributed by atoms with Crippen LogP contribution in [0.3, 0.4) is 0 Å². The molecule has 1 aliphatic carbocycles. The molecule has 4 nitrogen and oxygen atoms in total. The van der Waals surface area contributed by atoms with Gasteiger partial charge in [-0.3, -0.25) is 9.48 Å². The van der Waals surface area contributed by atoms with Gasteiger partial charge < -0.3 is 5.32 Å². The summed E-state index contributed by atoms with van der Waals surface area (Å²) in [5.41, 5.74) is 0.732. The van der Waals surface area contributed by atoms with Crippen LogP contribution in [0.25, 0.3) is 0 Å². The van der Waals surface area contributed by atoms with Crippen molar-refractivity contribution >= 4 is 11.6 Å². The maximum absolute atomic E-state index is 11.0. The molecule has 74 valence electrons. The van der Waals surface area contributed by atoms with Gasteiger partial charge in [0.05, 0.1) is 11.9 Å². The zero-order chi connectivity index (χ0) is 9.97. The molecule has 1 heterocycles. The smallest absolute Gasteiger partial charge is 0.247 e. The van der Waals surface area contributed by atoms with Crippen molar-refractivity contribution in [3.8, 4) is 0 Å². The first-order valence-electron chi connectivity index (χ1n) is 4.74. The van der Waals surface area contributed by atoms with Crippen molar-refractivity contribution in [1.29, 1.82) is 0 Å². The van der Waals surface area contributed by atoms with Crippen LogP contribution in [0.4, 0.5) is 5.69 Å². The standard InChI is InChI=1S/C10H13N3O/c1-2-10(14)12-9-5-11-13(7-9)6-8-3-4-8/h2,5,7-8H,1,3-4,6H2,(H,12,14). The van der Waals surface area contributed by atoms with Crippen LogP contribution in [0, 0.1) is 5.92 Å². The maximum atomic E-state index is 11.0. The first-order valence-corrected chi connectivity index (χ1v) is 4.74. The second kappa shape index (κ2) is 3.65. The average Bonchev–Trinajstić information content (AvgIpc) is 2.87. The molecule has 2 rings (SSSR count). The Labute approximate surface area is 82.6 Å². The molecule has 1 fully saturated rings. The third-order valence-electron chi connectivity index (χ3n) is 2.23. The van der Waals surface area contributed by atoms with Crippen LogP contribution < -0.4 is 5.32 Å². The molecule has 1 aliphatic rings. The van der Waals surface area contributed by atoms with Crippen LogP contribution in [-0.4, -0.2) is 15.7 Å². The summed E-state index contributed by atoms with van der Waals surface area (Å²) in [5, 5.41) is 6.82. The van der Waals surface area contributed by atoms with Crippen molar-refractivity contribution in [3.05, 3.63) is 25.0 Å². The number of rotatable bonds is 4. The molecular weight excluding hydrogens is 178 g/mol. The fourth-order valence-corrected chi connectivity index (χ4v) is 1.29. The summed E-state index contributed by atoms with van der Waals surface area (Å²) in [5.74, 6) is 0.592. The van der Waals surface area contributed by atoms with Gasteiger partial charge in [-0.05, 0) is 24.8 Å². The third kappa shape index (κ3) is 2.22. The highest BCUT2D eigenvalue weighted by Gasteiger charge is 2.21. The Kier molecular flexibility index (Phi) is 2.35. The topological polar surface area (TPSA) is 46.9 Å². The lowest BCUT2D eigenvalue weighted by molar-refractivity contribution is -0.111. The molecule has 1 aromatic heterocycles. The number of hydrogen-bond acceptors (Lipinski definition) is 2. The Bertz CT molecular complexity index is 352. The van der Waals surface area contributed by atoms with Gasteiger partial charge >= 0.3 is 0 Å². The average molecular weight is 191 g/mol. The number of carbonyl (C=O) groups excluding carboxylic acids is 1. The lowest BCUT2D eigenvalue weighted by Gasteiger charge is -1.97. The minimum atomic E-state index is -0.198. The van der Waals surface area contributed by atoms with E-state index in [2.05, 4.69) is 17.0 Å². The van der Waals surface area contributed by atoms with Gasteiger partial charge in [0, 0.05) is 12.7 Å². The van der Waals surface area contributed by atoms with Crippen molar-refractivity contribution in [2.75, 3.05) is 5.32 Å². The predicted molar refractivity (Wildman–Crippen MR) is 53.8 cm³/mol. The summed E-state index contributed by atoms with van der Waals surface area (Å²) >= 11 is 0. The van der Waals surface area contributed by atoms with Gasteiger partial charge in [0.1, 0.15) is 0 Å². The number of aromatic nitrogens is 2. The summed E-state index contributed by atoms with van der Waals surface area (Å²) in [6.45, 7) is 4.34. The third-order valence-corrected chi connectivity index (χ3v) is 2.23. The second-order valence-electron chi connectivity index (χ2n) is 3.59. The molecule has 0 aromatic carbocycles. The van der Waals surface area contributed by atoms with E-state index in [4.69, 9.17) is 0 Å². The van der Waals surface area contributed by atoms with Gasteiger partial charge in [0.2, 0.25) is 5.91 Å². The van der Waals surface area contributed by atoms with Crippen molar-refractivity contribution in [1.82, 2.24) is 9.78 Å². The zero-order valence-corrected chi connectivity index (χ0v) is 7.94. The Morgan fingerprint density at radius 2 is 2.57 bits per heavy atom. The van der Waals surface area contributed by atoms with Crippen LogP contribution in [-0.2, 0) is 11.3 Å². The van der Waals surface area contributed by atoms with E-state index in [1.807, 2.05) is 10.9 Å². The molecule has 0 aliphatic heterocycles. The molecule has 1 N–H and O–H groups in total. The van der Waals surface area contributed by atoms with E-state index in [1.165, 1.54) is 18.9 Å². The van der Waals surface area contributed by atoms with Crippen LogP contribution >= 0.6 is 0 Å². The number of amides is 1. The van der Waals surface area contributed by atoms with E-state index in [0.29, 0.717) is 0 Å². The Morgan fingerprint density at radius 3 is 3.21 bits per heavy atom. The fourth-order valence-electron chi connectivity index (χ4n) is 1.29. The SMILES string of the molecule is C=CC(=O)Nc1cnn(CC2CC2)c1. The number of carbonyl (C=O) groups is 1. The fraction of sp³-hybridized carbons (Fsp3) is 0.400. The van der Waals surface area contributed by atoms with Gasteiger partial charge in [-0.1, -0.05) is 6.58 Å². The Morgan fingerprint density at radius 1 is 1.79 bits per heavy atom. The molecule has 14 heavy (non-hydrogen) atoms. The molecular formula is C10H13N3O. The van der Waals surface area contributed by atoms with Gasteiger partial charge in [-0.2, -0.15) is 5.10 Å². The normalized spacial score (nSPS) is 15.1. The largest absolute Gasteiger partial charge is 0.320 e. The highest BCUT2D eigenvalue weighted by atomic mass is 16.1. The van der Waals surface area contributed by atoms with Crippen LogP contribution in [0.2, 0.25) is 0 Å². The van der Waals surface area contributed by atoms with Crippen molar-refractivity contribution in [3.63, 3.8) is 0 Å². The van der Waals surface area contributed by atoms with Gasteiger partial charge in [-0.25, -0.2) is 0 Å². The number of nitrogens with zero attached hydrogens (tertiary/aromatic N) is 2. The van der Waals surface area contributed by atoms with Gasteiger partial charge in [-0.15, -0.1) is 0 Å². The maximum Gasteiger partial charge on any atom is 0.247 e. The van der Waals surface area contributed by atoms with Crippen molar-refractivity contribution < 1.29 is 4.79 Å². The highest BCUT2D eigenvalue weighted by molar-refractivity contribution is 5.98. The Balaban J connectivity index is 1.94. The van der Waals surface area contributed by atoms with E-state index < -0.39 is 0 Å². The first-order chi connectivity index (χ1) is 6.78. The molecule has 0 spiro atoms. The molecule has 0 bridgehead atoms. The number of nitrogens with one attached hydrogen (secondary N) is 1. The molecule has 1 saturated carbocycles. The van der Waals surface area contributed by atoms with E-state index in [0.717, 1.165) is 18.2 Å². The molecule has 0 radical (unpaired) electrons. The van der Waals surface area contributed by atoms with Gasteiger partial charge in [0.25, 0.3) is 0 Å². The van der Waals surface area contributed by atoms with E-state index >= 15 is 0 Å². The van der Waals surface area contributed by atoms with E-state index in [9.17, 15) is 4.79 Å². The summed E-state index contributed by atoms with van der Waals surface area (Å²) in [6, 6.07) is 0. The summed E-state index contributed by atoms with van der Waals surface area (Å²) < 4.78 is 1.87. The lowest BCUT2D eigenvalue weighted by Crippen LogP contribution is -2.06.